The lowest BCUT2D eigenvalue weighted by atomic mass is 10.0. The predicted octanol–water partition coefficient (Wildman–Crippen LogP) is 4.54. The first-order valence-electron chi connectivity index (χ1n) is 8.36. The second kappa shape index (κ2) is 7.65. The van der Waals surface area contributed by atoms with Gasteiger partial charge in [-0.3, -0.25) is 14.9 Å². The van der Waals surface area contributed by atoms with E-state index in [2.05, 4.69) is 5.32 Å². The van der Waals surface area contributed by atoms with Crippen LogP contribution in [0.15, 0.2) is 30.3 Å². The summed E-state index contributed by atoms with van der Waals surface area (Å²) in [6.07, 6.45) is 4.71. The molecule has 0 aliphatic heterocycles. The fourth-order valence-electron chi connectivity index (χ4n) is 3.24. The number of thiophene rings is 1. The van der Waals surface area contributed by atoms with Crippen molar-refractivity contribution in [3.8, 4) is 10.4 Å². The van der Waals surface area contributed by atoms with Gasteiger partial charge in [0.2, 0.25) is 5.91 Å². The molecule has 136 valence electrons. The molecule has 0 radical (unpaired) electrons. The van der Waals surface area contributed by atoms with Crippen molar-refractivity contribution in [3.05, 3.63) is 45.3 Å². The van der Waals surface area contributed by atoms with Gasteiger partial charge in [-0.1, -0.05) is 25.0 Å². The van der Waals surface area contributed by atoms with E-state index < -0.39 is 10.9 Å². The van der Waals surface area contributed by atoms with Crippen LogP contribution >= 0.6 is 11.3 Å². The fraction of sp³-hybridized carbons (Fsp3) is 0.333. The van der Waals surface area contributed by atoms with Crippen molar-refractivity contribution >= 4 is 34.6 Å². The van der Waals surface area contributed by atoms with Crippen LogP contribution in [-0.2, 0) is 4.79 Å². The van der Waals surface area contributed by atoms with Crippen LogP contribution in [0, 0.1) is 16.0 Å². The Kier molecular flexibility index (Phi) is 5.32. The number of carbonyl (C=O) groups is 2. The zero-order valence-electron chi connectivity index (χ0n) is 13.9. The fourth-order valence-corrected chi connectivity index (χ4v) is 4.18. The Hall–Kier alpha value is -2.74. The van der Waals surface area contributed by atoms with Gasteiger partial charge in [-0.25, -0.2) is 4.79 Å². The molecular weight excluding hydrogens is 356 g/mol. The largest absolute Gasteiger partial charge is 0.477 e. The summed E-state index contributed by atoms with van der Waals surface area (Å²) in [7, 11) is 0. The maximum absolute atomic E-state index is 12.2. The zero-order chi connectivity index (χ0) is 18.7. The third-order valence-electron chi connectivity index (χ3n) is 4.49. The summed E-state index contributed by atoms with van der Waals surface area (Å²) in [5.41, 5.74) is 0.717. The first-order valence-corrected chi connectivity index (χ1v) is 9.17. The van der Waals surface area contributed by atoms with Gasteiger partial charge in [-0.05, 0) is 30.4 Å². The van der Waals surface area contributed by atoms with E-state index in [0.29, 0.717) is 22.8 Å². The summed E-state index contributed by atoms with van der Waals surface area (Å²) in [4.78, 5) is 34.8. The summed E-state index contributed by atoms with van der Waals surface area (Å²) in [6.45, 7) is 0. The SMILES string of the molecule is O=C(CC1CCCC1)Nc1cc(-c2cccc([N+](=O)[O-])c2)sc1C(=O)O. The van der Waals surface area contributed by atoms with Crippen molar-refractivity contribution < 1.29 is 19.6 Å². The Balaban J connectivity index is 1.84. The summed E-state index contributed by atoms with van der Waals surface area (Å²) in [5.74, 6) is -0.969. The molecule has 1 saturated carbocycles. The Morgan fingerprint density at radius 2 is 2.00 bits per heavy atom. The summed E-state index contributed by atoms with van der Waals surface area (Å²) >= 11 is 0.989. The summed E-state index contributed by atoms with van der Waals surface area (Å²) < 4.78 is 0. The normalized spacial score (nSPS) is 14.3. The highest BCUT2D eigenvalue weighted by atomic mass is 32.1. The lowest BCUT2D eigenvalue weighted by molar-refractivity contribution is -0.384. The van der Waals surface area contributed by atoms with E-state index in [-0.39, 0.29) is 22.2 Å². The van der Waals surface area contributed by atoms with E-state index in [1.54, 1.807) is 18.2 Å². The number of anilines is 1. The predicted molar refractivity (Wildman–Crippen MR) is 98.6 cm³/mol. The molecule has 2 N–H and O–H groups in total. The summed E-state index contributed by atoms with van der Waals surface area (Å²) in [6, 6.07) is 7.56. The van der Waals surface area contributed by atoms with Crippen molar-refractivity contribution in [2.75, 3.05) is 5.32 Å². The second-order valence-electron chi connectivity index (χ2n) is 6.37. The molecule has 1 aliphatic carbocycles. The van der Waals surface area contributed by atoms with E-state index >= 15 is 0 Å². The second-order valence-corrected chi connectivity index (χ2v) is 7.42. The molecule has 8 heteroatoms. The molecule has 2 aromatic rings. The molecule has 1 aromatic carbocycles. The number of carbonyl (C=O) groups excluding carboxylic acids is 1. The number of hydrogen-bond donors (Lipinski definition) is 2. The number of nitrogens with one attached hydrogen (secondary N) is 1. The van der Waals surface area contributed by atoms with Gasteiger partial charge in [0, 0.05) is 23.4 Å². The number of benzene rings is 1. The third-order valence-corrected chi connectivity index (χ3v) is 5.66. The summed E-state index contributed by atoms with van der Waals surface area (Å²) in [5, 5.41) is 23.1. The maximum Gasteiger partial charge on any atom is 0.348 e. The standard InChI is InChI=1S/C18H18N2O5S/c21-16(8-11-4-1-2-5-11)19-14-10-15(26-17(14)18(22)23)12-6-3-7-13(9-12)20(24)25/h3,6-7,9-11H,1-2,4-5,8H2,(H,19,21)(H,22,23). The van der Waals surface area contributed by atoms with Crippen molar-refractivity contribution in [2.45, 2.75) is 32.1 Å². The van der Waals surface area contributed by atoms with Gasteiger partial charge in [0.05, 0.1) is 10.6 Å². The number of carboxylic acid groups (broad SMARTS) is 1. The van der Waals surface area contributed by atoms with Crippen LogP contribution in [-0.4, -0.2) is 21.9 Å². The van der Waals surface area contributed by atoms with Crippen LogP contribution in [0.5, 0.6) is 0 Å². The molecule has 0 unspecified atom stereocenters. The molecule has 1 aromatic heterocycles. The highest BCUT2D eigenvalue weighted by Crippen LogP contribution is 2.36. The maximum atomic E-state index is 12.2. The molecule has 26 heavy (non-hydrogen) atoms. The lowest BCUT2D eigenvalue weighted by Crippen LogP contribution is -2.16. The highest BCUT2D eigenvalue weighted by molar-refractivity contribution is 7.18. The van der Waals surface area contributed by atoms with Gasteiger partial charge in [-0.15, -0.1) is 11.3 Å². The van der Waals surface area contributed by atoms with Gasteiger partial charge >= 0.3 is 5.97 Å². The van der Waals surface area contributed by atoms with Crippen LogP contribution in [0.3, 0.4) is 0 Å². The number of nitro benzene ring substituents is 1. The third kappa shape index (κ3) is 4.08. The molecular formula is C18H18N2O5S. The average molecular weight is 374 g/mol. The van der Waals surface area contributed by atoms with Crippen molar-refractivity contribution in [1.82, 2.24) is 0 Å². The van der Waals surface area contributed by atoms with E-state index in [1.165, 1.54) is 12.1 Å². The smallest absolute Gasteiger partial charge is 0.348 e. The molecule has 1 aliphatic rings. The average Bonchev–Trinajstić information content (AvgIpc) is 3.24. The number of hydrogen-bond acceptors (Lipinski definition) is 5. The van der Waals surface area contributed by atoms with Gasteiger partial charge in [-0.2, -0.15) is 0 Å². The number of nitrogens with zero attached hydrogens (tertiary/aromatic N) is 1. The minimum atomic E-state index is -1.14. The van der Waals surface area contributed by atoms with Crippen LogP contribution in [0.4, 0.5) is 11.4 Å². The molecule has 1 heterocycles. The molecule has 1 amide bonds. The quantitative estimate of drug-likeness (QED) is 0.570. The van der Waals surface area contributed by atoms with E-state index in [1.807, 2.05) is 0 Å². The van der Waals surface area contributed by atoms with Gasteiger partial charge in [0.15, 0.2) is 0 Å². The Morgan fingerprint density at radius 3 is 2.65 bits per heavy atom. The highest BCUT2D eigenvalue weighted by Gasteiger charge is 2.22. The minimum Gasteiger partial charge on any atom is -0.477 e. The van der Waals surface area contributed by atoms with E-state index in [9.17, 15) is 24.8 Å². The number of rotatable bonds is 6. The van der Waals surface area contributed by atoms with E-state index in [4.69, 9.17) is 0 Å². The first kappa shape index (κ1) is 18.1. The van der Waals surface area contributed by atoms with Gasteiger partial charge < -0.3 is 10.4 Å². The van der Waals surface area contributed by atoms with Gasteiger partial charge in [0.1, 0.15) is 4.88 Å². The Morgan fingerprint density at radius 1 is 1.27 bits per heavy atom. The number of carboxylic acids is 1. The van der Waals surface area contributed by atoms with Crippen LogP contribution in [0.25, 0.3) is 10.4 Å². The van der Waals surface area contributed by atoms with Crippen LogP contribution in [0.2, 0.25) is 0 Å². The van der Waals surface area contributed by atoms with Crippen LogP contribution in [0.1, 0.15) is 41.8 Å². The zero-order valence-corrected chi connectivity index (χ0v) is 14.8. The number of non-ortho nitro benzene ring substituents is 1. The Bertz CT molecular complexity index is 855. The first-order chi connectivity index (χ1) is 12.4. The molecule has 0 atom stereocenters. The molecule has 0 spiro atoms. The molecule has 0 saturated heterocycles. The van der Waals surface area contributed by atoms with Gasteiger partial charge in [0.25, 0.3) is 5.69 Å². The Labute approximate surface area is 153 Å². The number of aromatic carboxylic acids is 1. The number of nitro groups is 1. The number of amides is 1. The van der Waals surface area contributed by atoms with Crippen molar-refractivity contribution in [3.63, 3.8) is 0 Å². The monoisotopic (exact) mass is 374 g/mol. The molecule has 3 rings (SSSR count). The minimum absolute atomic E-state index is 0.0197. The van der Waals surface area contributed by atoms with Crippen molar-refractivity contribution in [2.24, 2.45) is 5.92 Å². The van der Waals surface area contributed by atoms with Crippen molar-refractivity contribution in [1.29, 1.82) is 0 Å². The molecule has 7 nitrogen and oxygen atoms in total. The topological polar surface area (TPSA) is 110 Å². The lowest BCUT2D eigenvalue weighted by Gasteiger charge is -2.09. The molecule has 1 fully saturated rings. The molecule has 0 bridgehead atoms. The van der Waals surface area contributed by atoms with E-state index in [0.717, 1.165) is 37.0 Å². The van der Waals surface area contributed by atoms with Crippen LogP contribution < -0.4 is 5.32 Å².